The van der Waals surface area contributed by atoms with Gasteiger partial charge >= 0.3 is 0 Å². The third-order valence-corrected chi connectivity index (χ3v) is 5.83. The molecule has 0 fully saturated rings. The Morgan fingerprint density at radius 2 is 1.58 bits per heavy atom. The Morgan fingerprint density at radius 3 is 2.08 bits per heavy atom. The van der Waals surface area contributed by atoms with Gasteiger partial charge < -0.3 is 30.3 Å². The third kappa shape index (κ3) is 6.99. The summed E-state index contributed by atoms with van der Waals surface area (Å²) in [5.41, 5.74) is 0.472. The van der Waals surface area contributed by atoms with E-state index in [2.05, 4.69) is 17.2 Å². The van der Waals surface area contributed by atoms with Crippen molar-refractivity contribution >= 4 is 17.6 Å². The fourth-order valence-corrected chi connectivity index (χ4v) is 3.35. The summed E-state index contributed by atoms with van der Waals surface area (Å²) in [4.78, 5) is 38.5. The van der Waals surface area contributed by atoms with Crippen molar-refractivity contribution in [3.8, 4) is 11.8 Å². The van der Waals surface area contributed by atoms with Crippen LogP contribution in [0.2, 0.25) is 0 Å². The van der Waals surface area contributed by atoms with Crippen molar-refractivity contribution in [1.82, 2.24) is 10.2 Å². The molecule has 1 unspecified atom stereocenters. The van der Waals surface area contributed by atoms with Crippen molar-refractivity contribution in [1.29, 1.82) is 0 Å². The zero-order chi connectivity index (χ0) is 26.7. The van der Waals surface area contributed by atoms with E-state index in [0.29, 0.717) is 24.2 Å². The van der Waals surface area contributed by atoms with Gasteiger partial charge in [-0.25, -0.2) is 0 Å². The van der Waals surface area contributed by atoms with Crippen molar-refractivity contribution in [3.63, 3.8) is 0 Å². The van der Waals surface area contributed by atoms with E-state index in [4.69, 9.17) is 9.84 Å². The molecule has 192 valence electrons. The Labute approximate surface area is 210 Å². The molecule has 4 N–H and O–H groups in total. The van der Waals surface area contributed by atoms with Crippen LogP contribution in [0.5, 0.6) is 0 Å². The first-order valence-corrected chi connectivity index (χ1v) is 11.4. The molecule has 2 amide bonds. The first-order chi connectivity index (χ1) is 17.2. The average Bonchev–Trinajstić information content (AvgIpc) is 2.92. The molecule has 9 nitrogen and oxygen atoms in total. The number of amides is 2. The van der Waals surface area contributed by atoms with E-state index in [1.165, 1.54) is 21.0 Å². The van der Waals surface area contributed by atoms with Gasteiger partial charge in [0.05, 0.1) is 6.61 Å². The van der Waals surface area contributed by atoms with Gasteiger partial charge in [0, 0.05) is 44.0 Å². The molecule has 0 saturated carbocycles. The molecule has 0 aromatic heterocycles. The maximum atomic E-state index is 12.9. The van der Waals surface area contributed by atoms with E-state index in [1.54, 1.807) is 48.5 Å². The van der Waals surface area contributed by atoms with Gasteiger partial charge in [-0.1, -0.05) is 24.0 Å². The second kappa shape index (κ2) is 13.5. The summed E-state index contributed by atoms with van der Waals surface area (Å²) in [6, 6.07) is 13.5. The molecule has 2 atom stereocenters. The van der Waals surface area contributed by atoms with Gasteiger partial charge in [-0.2, -0.15) is 0 Å². The molecule has 2 aromatic carbocycles. The van der Waals surface area contributed by atoms with Gasteiger partial charge in [-0.15, -0.1) is 0 Å². The summed E-state index contributed by atoms with van der Waals surface area (Å²) in [5.74, 6) is 3.96. The van der Waals surface area contributed by atoms with Crippen LogP contribution < -0.4 is 5.32 Å². The molecular formula is C27H32N2O7. The van der Waals surface area contributed by atoms with E-state index >= 15 is 0 Å². The lowest BCUT2D eigenvalue weighted by Crippen LogP contribution is -2.62. The smallest absolute Gasteiger partial charge is 0.254 e. The minimum atomic E-state index is -1.86. The minimum Gasteiger partial charge on any atom is -0.396 e. The quantitative estimate of drug-likeness (QED) is 0.204. The molecule has 0 saturated heterocycles. The summed E-state index contributed by atoms with van der Waals surface area (Å²) >= 11 is 0. The maximum Gasteiger partial charge on any atom is 0.254 e. The largest absolute Gasteiger partial charge is 0.396 e. The fraction of sp³-hybridized carbons (Fsp3) is 0.370. The Morgan fingerprint density at radius 1 is 1.03 bits per heavy atom. The molecule has 0 aliphatic carbocycles. The van der Waals surface area contributed by atoms with Crippen LogP contribution in [0, 0.1) is 11.8 Å². The van der Waals surface area contributed by atoms with Crippen LogP contribution in [-0.4, -0.2) is 83.9 Å². The van der Waals surface area contributed by atoms with E-state index in [-0.39, 0.29) is 18.8 Å². The number of ketones is 1. The minimum absolute atomic E-state index is 0.0439. The molecule has 0 heterocycles. The molecule has 36 heavy (non-hydrogen) atoms. The van der Waals surface area contributed by atoms with Gasteiger partial charge in [-0.05, 0) is 55.3 Å². The molecule has 0 aliphatic heterocycles. The highest BCUT2D eigenvalue weighted by Crippen LogP contribution is 2.19. The molecular weight excluding hydrogens is 464 g/mol. The predicted octanol–water partition coefficient (Wildman–Crippen LogP) is 0.657. The number of nitrogens with zero attached hydrogens (tertiary/aromatic N) is 1. The number of benzene rings is 2. The zero-order valence-electron chi connectivity index (χ0n) is 20.7. The molecule has 2 rings (SSSR count). The van der Waals surface area contributed by atoms with Gasteiger partial charge in [0.25, 0.3) is 11.8 Å². The van der Waals surface area contributed by atoms with E-state index in [9.17, 15) is 24.6 Å². The number of nitrogens with one attached hydrogen (secondary N) is 1. The van der Waals surface area contributed by atoms with Crippen LogP contribution >= 0.6 is 0 Å². The lowest BCUT2D eigenvalue weighted by molar-refractivity contribution is -0.143. The van der Waals surface area contributed by atoms with Crippen LogP contribution in [0.15, 0.2) is 48.5 Å². The molecule has 0 bridgehead atoms. The summed E-state index contributed by atoms with van der Waals surface area (Å²) in [6.07, 6.45) is -0.252. The molecule has 2 aromatic rings. The lowest BCUT2D eigenvalue weighted by Gasteiger charge is -2.35. The highest BCUT2D eigenvalue weighted by atomic mass is 16.5. The average molecular weight is 497 g/mol. The summed E-state index contributed by atoms with van der Waals surface area (Å²) < 4.78 is 5.31. The lowest BCUT2D eigenvalue weighted by atomic mass is 9.92. The number of aliphatic hydroxyl groups excluding tert-OH is 3. The number of hydrogen-bond acceptors (Lipinski definition) is 7. The monoisotopic (exact) mass is 496 g/mol. The van der Waals surface area contributed by atoms with Crippen molar-refractivity contribution in [2.24, 2.45) is 0 Å². The summed E-state index contributed by atoms with van der Waals surface area (Å²) in [6.45, 7) is 0.973. The number of aliphatic hydroxyl groups is 3. The second-order valence-corrected chi connectivity index (χ2v) is 8.21. The first-order valence-electron chi connectivity index (χ1n) is 11.4. The van der Waals surface area contributed by atoms with Crippen LogP contribution in [0.4, 0.5) is 0 Å². The van der Waals surface area contributed by atoms with Gasteiger partial charge in [-0.3, -0.25) is 14.4 Å². The molecule has 0 radical (unpaired) electrons. The standard InChI is InChI=1S/C27H32N2O7/c1-27(24(33)17-31,26(35)28-2)29(3)25(34)22-13-9-20(10-14-22)6-5-19-7-11-21(12-8-19)23(32)18-36-16-4-15-30/h7-14,23,30-32H,4,15-18H2,1-3H3,(H,28,35)/t23?,27-/m1/s1. The Hall–Kier alpha value is -3.55. The van der Waals surface area contributed by atoms with Crippen LogP contribution in [0.1, 0.15) is 46.5 Å². The van der Waals surface area contributed by atoms with Crippen molar-refractivity contribution in [3.05, 3.63) is 70.8 Å². The van der Waals surface area contributed by atoms with Gasteiger partial charge in [0.15, 0.2) is 11.3 Å². The topological polar surface area (TPSA) is 136 Å². The Balaban J connectivity index is 2.09. The van der Waals surface area contributed by atoms with E-state index in [0.717, 1.165) is 10.5 Å². The zero-order valence-corrected chi connectivity index (χ0v) is 20.7. The third-order valence-electron chi connectivity index (χ3n) is 5.83. The Kier molecular flexibility index (Phi) is 10.8. The van der Waals surface area contributed by atoms with Crippen molar-refractivity contribution < 1.29 is 34.4 Å². The van der Waals surface area contributed by atoms with Gasteiger partial charge in [0.1, 0.15) is 12.7 Å². The summed E-state index contributed by atoms with van der Waals surface area (Å²) in [7, 11) is 2.68. The second-order valence-electron chi connectivity index (χ2n) is 8.21. The number of carbonyl (C=O) groups is 3. The normalized spacial score (nSPS) is 13.1. The number of Topliss-reactive ketones (excluding diaryl/α,β-unsaturated/α-hetero) is 1. The SMILES string of the molecule is CNC(=O)[C@@](C)(C(=O)CO)N(C)C(=O)c1ccc(C#Cc2ccc(C(O)COCCCO)cc2)cc1. The van der Waals surface area contributed by atoms with Crippen molar-refractivity contribution in [2.45, 2.75) is 25.0 Å². The van der Waals surface area contributed by atoms with Gasteiger partial charge in [0.2, 0.25) is 0 Å². The molecule has 9 heteroatoms. The predicted molar refractivity (Wildman–Crippen MR) is 133 cm³/mol. The first kappa shape index (κ1) is 28.7. The Bertz CT molecular complexity index is 1090. The summed E-state index contributed by atoms with van der Waals surface area (Å²) in [5, 5.41) is 30.6. The van der Waals surface area contributed by atoms with Crippen LogP contribution in [0.3, 0.4) is 0 Å². The number of rotatable bonds is 11. The molecule has 0 spiro atoms. The number of likely N-dealkylation sites (N-methyl/N-ethyl adjacent to an activating group) is 2. The van der Waals surface area contributed by atoms with Crippen LogP contribution in [0.25, 0.3) is 0 Å². The van der Waals surface area contributed by atoms with E-state index < -0.39 is 35.8 Å². The highest BCUT2D eigenvalue weighted by Gasteiger charge is 2.46. The molecule has 0 aliphatic rings. The maximum absolute atomic E-state index is 12.9. The van der Waals surface area contributed by atoms with E-state index in [1.807, 2.05) is 0 Å². The van der Waals surface area contributed by atoms with Crippen molar-refractivity contribution in [2.75, 3.05) is 40.5 Å². The number of ether oxygens (including phenoxy) is 1. The number of carbonyl (C=O) groups excluding carboxylic acids is 3. The highest BCUT2D eigenvalue weighted by molar-refractivity contribution is 6.14. The number of hydrogen-bond donors (Lipinski definition) is 4. The van der Waals surface area contributed by atoms with Crippen LogP contribution in [-0.2, 0) is 14.3 Å². The fourth-order valence-electron chi connectivity index (χ4n) is 3.35.